The molecular weight excluding hydrogens is 248 g/mol. The second-order valence-electron chi connectivity index (χ2n) is 4.20. The Morgan fingerprint density at radius 3 is 2.33 bits per heavy atom. The van der Waals surface area contributed by atoms with Gasteiger partial charge in [0.1, 0.15) is 5.75 Å². The summed E-state index contributed by atoms with van der Waals surface area (Å²) in [6.07, 6.45) is 0. The molecule has 94 valence electrons. The van der Waals surface area contributed by atoms with E-state index in [2.05, 4.69) is 0 Å². The maximum absolute atomic E-state index is 12.1. The maximum atomic E-state index is 12.1. The molecular formula is C14H14O3S. The summed E-state index contributed by atoms with van der Waals surface area (Å²) in [7, 11) is -3.41. The molecule has 0 amide bonds. The largest absolute Gasteiger partial charge is 0.508 e. The van der Waals surface area contributed by atoms with Crippen LogP contribution in [0.5, 0.6) is 5.75 Å². The monoisotopic (exact) mass is 262 g/mol. The third kappa shape index (κ3) is 2.71. The van der Waals surface area contributed by atoms with Crippen molar-refractivity contribution in [3.63, 3.8) is 0 Å². The first-order chi connectivity index (χ1) is 8.49. The molecule has 1 N–H and O–H groups in total. The second-order valence-corrected chi connectivity index (χ2v) is 6.19. The number of aryl methyl sites for hydroxylation is 1. The van der Waals surface area contributed by atoms with Crippen molar-refractivity contribution in [1.82, 2.24) is 0 Å². The van der Waals surface area contributed by atoms with E-state index in [1.807, 2.05) is 6.92 Å². The predicted molar refractivity (Wildman–Crippen MR) is 70.2 cm³/mol. The van der Waals surface area contributed by atoms with Gasteiger partial charge in [0.2, 0.25) is 0 Å². The topological polar surface area (TPSA) is 54.4 Å². The van der Waals surface area contributed by atoms with Gasteiger partial charge in [0.05, 0.1) is 10.6 Å². The minimum absolute atomic E-state index is 0.0227. The van der Waals surface area contributed by atoms with Crippen LogP contribution in [0.3, 0.4) is 0 Å². The molecule has 0 fully saturated rings. The van der Waals surface area contributed by atoms with Crippen molar-refractivity contribution in [2.24, 2.45) is 0 Å². The minimum Gasteiger partial charge on any atom is -0.508 e. The van der Waals surface area contributed by atoms with Gasteiger partial charge in [-0.15, -0.1) is 0 Å². The van der Waals surface area contributed by atoms with Crippen LogP contribution in [0.15, 0.2) is 53.4 Å². The fraction of sp³-hybridized carbons (Fsp3) is 0.143. The second kappa shape index (κ2) is 4.82. The third-order valence-corrected chi connectivity index (χ3v) is 4.37. The van der Waals surface area contributed by atoms with Gasteiger partial charge in [0.15, 0.2) is 9.84 Å². The van der Waals surface area contributed by atoms with Gasteiger partial charge in [0.25, 0.3) is 0 Å². The Bertz CT molecular complexity index is 646. The van der Waals surface area contributed by atoms with Gasteiger partial charge in [-0.3, -0.25) is 0 Å². The molecule has 0 aliphatic carbocycles. The van der Waals surface area contributed by atoms with E-state index in [4.69, 9.17) is 0 Å². The molecule has 0 saturated carbocycles. The first-order valence-electron chi connectivity index (χ1n) is 5.55. The van der Waals surface area contributed by atoms with Crippen LogP contribution in [0.2, 0.25) is 0 Å². The summed E-state index contributed by atoms with van der Waals surface area (Å²) in [5.74, 6) is -0.169. The molecule has 0 atom stereocenters. The Morgan fingerprint density at radius 2 is 1.72 bits per heavy atom. The van der Waals surface area contributed by atoms with E-state index in [1.54, 1.807) is 48.5 Å². The number of aromatic hydroxyl groups is 1. The molecule has 0 bridgehead atoms. The van der Waals surface area contributed by atoms with Crippen LogP contribution < -0.4 is 0 Å². The van der Waals surface area contributed by atoms with E-state index in [-0.39, 0.29) is 16.4 Å². The molecule has 0 saturated heterocycles. The lowest BCUT2D eigenvalue weighted by molar-refractivity contribution is 0.469. The molecule has 0 aromatic heterocycles. The number of hydrogen-bond donors (Lipinski definition) is 1. The maximum Gasteiger partial charge on any atom is 0.182 e. The molecule has 0 aliphatic rings. The standard InChI is InChI=1S/C14H14O3S/c1-11-7-8-12(14(15)9-11)10-18(16,17)13-5-3-2-4-6-13/h2-9,15H,10H2,1H3. The van der Waals surface area contributed by atoms with Crippen molar-refractivity contribution in [3.05, 3.63) is 59.7 Å². The number of hydrogen-bond acceptors (Lipinski definition) is 3. The summed E-state index contributed by atoms with van der Waals surface area (Å²) in [4.78, 5) is 0.268. The molecule has 2 aromatic carbocycles. The Balaban J connectivity index is 2.34. The van der Waals surface area contributed by atoms with Crippen molar-refractivity contribution < 1.29 is 13.5 Å². The minimum atomic E-state index is -3.41. The fourth-order valence-corrected chi connectivity index (χ4v) is 3.10. The summed E-state index contributed by atoms with van der Waals surface area (Å²) in [6, 6.07) is 13.2. The lowest BCUT2D eigenvalue weighted by atomic mass is 10.1. The van der Waals surface area contributed by atoms with E-state index in [0.717, 1.165) is 5.56 Å². The Hall–Kier alpha value is -1.81. The van der Waals surface area contributed by atoms with E-state index in [9.17, 15) is 13.5 Å². The third-order valence-electron chi connectivity index (χ3n) is 2.69. The van der Waals surface area contributed by atoms with Gasteiger partial charge in [-0.2, -0.15) is 0 Å². The molecule has 0 aliphatic heterocycles. The molecule has 2 rings (SSSR count). The van der Waals surface area contributed by atoms with Crippen LogP contribution in [0.25, 0.3) is 0 Å². The molecule has 0 heterocycles. The SMILES string of the molecule is Cc1ccc(CS(=O)(=O)c2ccccc2)c(O)c1. The summed E-state index contributed by atoms with van der Waals surface area (Å²) >= 11 is 0. The summed E-state index contributed by atoms with van der Waals surface area (Å²) in [5.41, 5.74) is 1.32. The number of phenolic OH excluding ortho intramolecular Hbond substituents is 1. The average molecular weight is 262 g/mol. The molecule has 18 heavy (non-hydrogen) atoms. The first kappa shape index (κ1) is 12.6. The number of rotatable bonds is 3. The van der Waals surface area contributed by atoms with E-state index < -0.39 is 9.84 Å². The quantitative estimate of drug-likeness (QED) is 0.925. The number of sulfone groups is 1. The summed E-state index contributed by atoms with van der Waals surface area (Å²) < 4.78 is 24.3. The first-order valence-corrected chi connectivity index (χ1v) is 7.20. The molecule has 2 aromatic rings. The normalized spacial score (nSPS) is 11.4. The van der Waals surface area contributed by atoms with Gasteiger partial charge >= 0.3 is 0 Å². The van der Waals surface area contributed by atoms with Crippen LogP contribution in [0.4, 0.5) is 0 Å². The highest BCUT2D eigenvalue weighted by molar-refractivity contribution is 7.90. The number of benzene rings is 2. The molecule has 0 radical (unpaired) electrons. The van der Waals surface area contributed by atoms with Gasteiger partial charge in [-0.05, 0) is 30.7 Å². The highest BCUT2D eigenvalue weighted by atomic mass is 32.2. The van der Waals surface area contributed by atoms with Gasteiger partial charge in [0, 0.05) is 5.56 Å². The van der Waals surface area contributed by atoms with Crippen LogP contribution >= 0.6 is 0 Å². The van der Waals surface area contributed by atoms with Crippen LogP contribution in [-0.4, -0.2) is 13.5 Å². The van der Waals surface area contributed by atoms with Gasteiger partial charge in [-0.25, -0.2) is 8.42 Å². The molecule has 0 spiro atoms. The fourth-order valence-electron chi connectivity index (χ4n) is 1.71. The predicted octanol–water partition coefficient (Wildman–Crippen LogP) is 2.67. The average Bonchev–Trinajstić information content (AvgIpc) is 2.34. The van der Waals surface area contributed by atoms with Crippen molar-refractivity contribution >= 4 is 9.84 Å². The van der Waals surface area contributed by atoms with Crippen molar-refractivity contribution in [2.45, 2.75) is 17.6 Å². The zero-order valence-electron chi connectivity index (χ0n) is 10.00. The van der Waals surface area contributed by atoms with Crippen molar-refractivity contribution in [1.29, 1.82) is 0 Å². The highest BCUT2D eigenvalue weighted by Gasteiger charge is 2.16. The van der Waals surface area contributed by atoms with Crippen LogP contribution in [0, 0.1) is 6.92 Å². The van der Waals surface area contributed by atoms with Gasteiger partial charge in [-0.1, -0.05) is 30.3 Å². The smallest absolute Gasteiger partial charge is 0.182 e. The van der Waals surface area contributed by atoms with Crippen LogP contribution in [0.1, 0.15) is 11.1 Å². The van der Waals surface area contributed by atoms with Crippen molar-refractivity contribution in [3.8, 4) is 5.75 Å². The lowest BCUT2D eigenvalue weighted by Crippen LogP contribution is -2.05. The van der Waals surface area contributed by atoms with E-state index >= 15 is 0 Å². The Morgan fingerprint density at radius 1 is 1.06 bits per heavy atom. The Labute approximate surface area is 107 Å². The summed E-state index contributed by atoms with van der Waals surface area (Å²) in [6.45, 7) is 1.84. The number of phenols is 1. The molecule has 4 heteroatoms. The highest BCUT2D eigenvalue weighted by Crippen LogP contribution is 2.23. The summed E-state index contributed by atoms with van der Waals surface area (Å²) in [5, 5.41) is 9.74. The zero-order chi connectivity index (χ0) is 13.2. The zero-order valence-corrected chi connectivity index (χ0v) is 10.8. The molecule has 0 unspecified atom stereocenters. The van der Waals surface area contributed by atoms with Crippen molar-refractivity contribution in [2.75, 3.05) is 0 Å². The van der Waals surface area contributed by atoms with E-state index in [1.165, 1.54) is 0 Å². The van der Waals surface area contributed by atoms with E-state index in [0.29, 0.717) is 5.56 Å². The molecule has 3 nitrogen and oxygen atoms in total. The van der Waals surface area contributed by atoms with Crippen LogP contribution in [-0.2, 0) is 15.6 Å². The Kier molecular flexibility index (Phi) is 3.39. The lowest BCUT2D eigenvalue weighted by Gasteiger charge is -2.07. The van der Waals surface area contributed by atoms with Gasteiger partial charge < -0.3 is 5.11 Å².